The van der Waals surface area contributed by atoms with Crippen LogP contribution in [0.1, 0.15) is 23.3 Å². The second kappa shape index (κ2) is 10.5. The zero-order valence-corrected chi connectivity index (χ0v) is 20.5. The van der Waals surface area contributed by atoms with Crippen molar-refractivity contribution in [2.75, 3.05) is 0 Å². The minimum absolute atomic E-state index is 0.239. The van der Waals surface area contributed by atoms with E-state index >= 15 is 0 Å². The zero-order valence-electron chi connectivity index (χ0n) is 19.6. The fourth-order valence-corrected chi connectivity index (χ4v) is 5.77. The predicted octanol–water partition coefficient (Wildman–Crippen LogP) is 9.16. The molecule has 5 aromatic carbocycles. The quantitative estimate of drug-likeness (QED) is 0.223. The van der Waals surface area contributed by atoms with Crippen molar-refractivity contribution in [3.05, 3.63) is 151 Å². The monoisotopic (exact) mass is 488 g/mol. The molecule has 6 rings (SSSR count). The van der Waals surface area contributed by atoms with Crippen molar-refractivity contribution >= 4 is 8.60 Å². The van der Waals surface area contributed by atoms with Crippen LogP contribution >= 0.6 is 8.60 Å². The van der Waals surface area contributed by atoms with E-state index in [0.717, 1.165) is 39.1 Å². The molecule has 4 heteroatoms. The number of rotatable bonds is 6. The average molecular weight is 489 g/mol. The van der Waals surface area contributed by atoms with Crippen LogP contribution in [0, 0.1) is 0 Å². The molecule has 2 unspecified atom stereocenters. The van der Waals surface area contributed by atoms with Crippen LogP contribution in [0.4, 0.5) is 0 Å². The standard InChI is InChI=1S/C32H25O3P/c1-5-13-24(14-6-1)29-22-21-28(23-30(29)25-15-7-2-8-16-25)33-36-34-31(26-17-9-3-10-18-26)32(35-36)27-19-11-4-12-20-27/h1-23,31-32H. The van der Waals surface area contributed by atoms with Gasteiger partial charge in [0.2, 0.25) is 0 Å². The minimum atomic E-state index is -1.59. The topological polar surface area (TPSA) is 27.7 Å². The van der Waals surface area contributed by atoms with Crippen molar-refractivity contribution < 1.29 is 13.6 Å². The van der Waals surface area contributed by atoms with Crippen LogP contribution in [0.2, 0.25) is 0 Å². The smallest absolute Gasteiger partial charge is 0.398 e. The third kappa shape index (κ3) is 4.82. The van der Waals surface area contributed by atoms with Gasteiger partial charge in [0.15, 0.2) is 0 Å². The van der Waals surface area contributed by atoms with Crippen molar-refractivity contribution in [1.82, 2.24) is 0 Å². The van der Waals surface area contributed by atoms with Gasteiger partial charge in [-0.1, -0.05) is 127 Å². The molecule has 0 amide bonds. The summed E-state index contributed by atoms with van der Waals surface area (Å²) in [7, 11) is -1.59. The Hall–Kier alpha value is -3.75. The molecule has 0 saturated carbocycles. The third-order valence-electron chi connectivity index (χ3n) is 6.27. The van der Waals surface area contributed by atoms with E-state index in [2.05, 4.69) is 84.9 Å². The highest BCUT2D eigenvalue weighted by atomic mass is 31.2. The molecule has 0 aromatic heterocycles. The van der Waals surface area contributed by atoms with E-state index < -0.39 is 8.60 Å². The Labute approximate surface area is 212 Å². The molecule has 0 N–H and O–H groups in total. The number of hydrogen-bond acceptors (Lipinski definition) is 3. The summed E-state index contributed by atoms with van der Waals surface area (Å²) < 4.78 is 19.2. The summed E-state index contributed by atoms with van der Waals surface area (Å²) in [4.78, 5) is 0. The fourth-order valence-electron chi connectivity index (χ4n) is 4.51. The number of benzene rings is 5. The molecule has 1 fully saturated rings. The molecule has 0 spiro atoms. The van der Waals surface area contributed by atoms with Crippen LogP contribution in [0.5, 0.6) is 5.75 Å². The van der Waals surface area contributed by atoms with Gasteiger partial charge in [0, 0.05) is 0 Å². The van der Waals surface area contributed by atoms with Crippen LogP contribution in [-0.4, -0.2) is 0 Å². The molecular weight excluding hydrogens is 463 g/mol. The summed E-state index contributed by atoms with van der Waals surface area (Å²) in [5.41, 5.74) is 6.70. The first-order valence-electron chi connectivity index (χ1n) is 12.0. The Kier molecular flexibility index (Phi) is 6.60. The summed E-state index contributed by atoms with van der Waals surface area (Å²) in [5, 5.41) is 0. The first-order valence-corrected chi connectivity index (χ1v) is 13.1. The molecule has 1 aliphatic heterocycles. The summed E-state index contributed by atoms with van der Waals surface area (Å²) in [5.74, 6) is 0.722. The van der Waals surface area contributed by atoms with Crippen molar-refractivity contribution in [2.24, 2.45) is 0 Å². The van der Waals surface area contributed by atoms with E-state index in [1.54, 1.807) is 0 Å². The number of hydrogen-bond donors (Lipinski definition) is 0. The molecule has 3 nitrogen and oxygen atoms in total. The van der Waals surface area contributed by atoms with Gasteiger partial charge in [-0.3, -0.25) is 9.05 Å². The molecule has 5 aromatic rings. The van der Waals surface area contributed by atoms with Gasteiger partial charge in [0.25, 0.3) is 0 Å². The van der Waals surface area contributed by atoms with Crippen LogP contribution in [0.15, 0.2) is 140 Å². The van der Waals surface area contributed by atoms with Gasteiger partial charge in [-0.05, 0) is 45.5 Å². The first kappa shape index (κ1) is 22.7. The van der Waals surface area contributed by atoms with E-state index in [0.29, 0.717) is 0 Å². The van der Waals surface area contributed by atoms with E-state index in [1.807, 2.05) is 54.6 Å². The summed E-state index contributed by atoms with van der Waals surface area (Å²) >= 11 is 0. The van der Waals surface area contributed by atoms with Crippen LogP contribution in [-0.2, 0) is 9.05 Å². The van der Waals surface area contributed by atoms with Crippen LogP contribution in [0.25, 0.3) is 22.3 Å². The minimum Gasteiger partial charge on any atom is -0.427 e. The van der Waals surface area contributed by atoms with Crippen LogP contribution < -0.4 is 4.52 Å². The molecule has 0 radical (unpaired) electrons. The maximum absolute atomic E-state index is 6.40. The third-order valence-corrected chi connectivity index (χ3v) is 7.43. The highest BCUT2D eigenvalue weighted by Crippen LogP contribution is 2.60. The molecule has 1 aliphatic rings. The van der Waals surface area contributed by atoms with Gasteiger partial charge < -0.3 is 4.52 Å². The van der Waals surface area contributed by atoms with Gasteiger partial charge in [-0.2, -0.15) is 0 Å². The van der Waals surface area contributed by atoms with Gasteiger partial charge in [0.1, 0.15) is 18.0 Å². The molecule has 36 heavy (non-hydrogen) atoms. The van der Waals surface area contributed by atoms with E-state index in [4.69, 9.17) is 13.6 Å². The van der Waals surface area contributed by atoms with Crippen molar-refractivity contribution in [3.8, 4) is 28.0 Å². The van der Waals surface area contributed by atoms with Crippen LogP contribution in [0.3, 0.4) is 0 Å². The Balaban J connectivity index is 1.32. The van der Waals surface area contributed by atoms with Gasteiger partial charge in [-0.15, -0.1) is 0 Å². The average Bonchev–Trinajstić information content (AvgIpc) is 3.39. The predicted molar refractivity (Wildman–Crippen MR) is 145 cm³/mol. The van der Waals surface area contributed by atoms with Crippen molar-refractivity contribution in [2.45, 2.75) is 12.2 Å². The lowest BCUT2D eigenvalue weighted by atomic mass is 9.94. The van der Waals surface area contributed by atoms with E-state index in [1.165, 1.54) is 0 Å². The zero-order chi connectivity index (χ0) is 24.2. The lowest BCUT2D eigenvalue weighted by Crippen LogP contribution is -2.06. The summed E-state index contributed by atoms with van der Waals surface area (Å²) in [6.45, 7) is 0. The Bertz CT molecular complexity index is 1360. The largest absolute Gasteiger partial charge is 0.427 e. The molecule has 0 aliphatic carbocycles. The maximum Gasteiger partial charge on any atom is 0.398 e. The highest BCUT2D eigenvalue weighted by molar-refractivity contribution is 7.42. The lowest BCUT2D eigenvalue weighted by Gasteiger charge is -2.16. The van der Waals surface area contributed by atoms with Gasteiger partial charge in [0.05, 0.1) is 0 Å². The van der Waals surface area contributed by atoms with Gasteiger partial charge in [-0.25, -0.2) is 0 Å². The highest BCUT2D eigenvalue weighted by Gasteiger charge is 2.41. The first-order chi connectivity index (χ1) is 17.8. The SMILES string of the molecule is c1ccc(-c2ccc(OP3OC(c4ccccc4)C(c4ccccc4)O3)cc2-c2ccccc2)cc1. The Morgan fingerprint density at radius 1 is 0.472 bits per heavy atom. The Morgan fingerprint density at radius 3 is 1.42 bits per heavy atom. The van der Waals surface area contributed by atoms with E-state index in [9.17, 15) is 0 Å². The van der Waals surface area contributed by atoms with Crippen molar-refractivity contribution in [1.29, 1.82) is 0 Å². The molecule has 1 heterocycles. The molecular formula is C32H25O3P. The molecule has 1 saturated heterocycles. The molecule has 176 valence electrons. The Morgan fingerprint density at radius 2 is 0.917 bits per heavy atom. The second-order valence-corrected chi connectivity index (χ2v) is 9.68. The molecule has 0 bridgehead atoms. The van der Waals surface area contributed by atoms with E-state index in [-0.39, 0.29) is 12.2 Å². The summed E-state index contributed by atoms with van der Waals surface area (Å²) in [6.07, 6.45) is -0.478. The maximum atomic E-state index is 6.40. The molecule has 2 atom stereocenters. The lowest BCUT2D eigenvalue weighted by molar-refractivity contribution is 0.159. The summed E-state index contributed by atoms with van der Waals surface area (Å²) in [6, 6.07) is 47.4. The second-order valence-electron chi connectivity index (χ2n) is 8.63. The normalized spacial score (nSPS) is 19.2. The van der Waals surface area contributed by atoms with Gasteiger partial charge >= 0.3 is 8.60 Å². The van der Waals surface area contributed by atoms with Crippen molar-refractivity contribution in [3.63, 3.8) is 0 Å². The fraction of sp³-hybridized carbons (Fsp3) is 0.0625.